The first-order chi connectivity index (χ1) is 10.4. The number of aromatic nitrogens is 1. The van der Waals surface area contributed by atoms with Crippen LogP contribution in [0.1, 0.15) is 28.0 Å². The van der Waals surface area contributed by atoms with Crippen LogP contribution in [0.5, 0.6) is 0 Å². The molecule has 5 nitrogen and oxygen atoms in total. The standard InChI is InChI=1S/C16H20N2O3S/c1-9-4-5-12-11(8-9)10(2)14(17-12)15(19)18-13(16(20)21)6-7-22-3/h4-5,8,13,17H,6-7H2,1-3H3,(H,18,19)(H,20,21)/t13-/m0/s1. The zero-order valence-electron chi connectivity index (χ0n) is 12.9. The zero-order valence-corrected chi connectivity index (χ0v) is 13.7. The highest BCUT2D eigenvalue weighted by atomic mass is 32.2. The minimum Gasteiger partial charge on any atom is -0.480 e. The van der Waals surface area contributed by atoms with Crippen LogP contribution in [-0.2, 0) is 4.79 Å². The summed E-state index contributed by atoms with van der Waals surface area (Å²) in [5, 5.41) is 12.8. The van der Waals surface area contributed by atoms with Crippen molar-refractivity contribution >= 4 is 34.5 Å². The number of carbonyl (C=O) groups is 2. The number of hydrogen-bond donors (Lipinski definition) is 3. The Morgan fingerprint density at radius 2 is 2.09 bits per heavy atom. The smallest absolute Gasteiger partial charge is 0.326 e. The summed E-state index contributed by atoms with van der Waals surface area (Å²) in [5.41, 5.74) is 3.26. The van der Waals surface area contributed by atoms with Crippen molar-refractivity contribution < 1.29 is 14.7 Å². The van der Waals surface area contributed by atoms with E-state index in [9.17, 15) is 14.7 Å². The first kappa shape index (κ1) is 16.4. The second-order valence-electron chi connectivity index (χ2n) is 5.32. The maximum Gasteiger partial charge on any atom is 0.326 e. The Morgan fingerprint density at radius 1 is 1.36 bits per heavy atom. The average molecular weight is 320 g/mol. The topological polar surface area (TPSA) is 82.2 Å². The molecule has 0 spiro atoms. The number of H-pyrrole nitrogens is 1. The Hall–Kier alpha value is -1.95. The predicted molar refractivity (Wildman–Crippen MR) is 89.7 cm³/mol. The van der Waals surface area contributed by atoms with Crippen molar-refractivity contribution in [1.82, 2.24) is 10.3 Å². The van der Waals surface area contributed by atoms with Gasteiger partial charge in [-0.15, -0.1) is 0 Å². The molecule has 1 heterocycles. The Morgan fingerprint density at radius 3 is 2.73 bits per heavy atom. The molecule has 6 heteroatoms. The van der Waals surface area contributed by atoms with Gasteiger partial charge < -0.3 is 15.4 Å². The van der Waals surface area contributed by atoms with Crippen LogP contribution in [0, 0.1) is 13.8 Å². The van der Waals surface area contributed by atoms with Crippen molar-refractivity contribution in [2.24, 2.45) is 0 Å². The molecule has 22 heavy (non-hydrogen) atoms. The number of carboxylic acid groups (broad SMARTS) is 1. The Labute approximate surface area is 133 Å². The molecule has 1 atom stereocenters. The summed E-state index contributed by atoms with van der Waals surface area (Å²) in [5.74, 6) is -0.700. The van der Waals surface area contributed by atoms with Crippen LogP contribution in [0.15, 0.2) is 18.2 Å². The van der Waals surface area contributed by atoms with Crippen molar-refractivity contribution in [3.8, 4) is 0 Å². The minimum atomic E-state index is -1.01. The van der Waals surface area contributed by atoms with Gasteiger partial charge in [0.1, 0.15) is 11.7 Å². The molecule has 2 rings (SSSR count). The number of fused-ring (bicyclic) bond motifs is 1. The predicted octanol–water partition coefficient (Wildman–Crippen LogP) is 2.72. The minimum absolute atomic E-state index is 0.375. The number of thioether (sulfide) groups is 1. The van der Waals surface area contributed by atoms with E-state index in [0.717, 1.165) is 22.0 Å². The third-order valence-electron chi connectivity index (χ3n) is 3.65. The van der Waals surface area contributed by atoms with Crippen molar-refractivity contribution in [2.45, 2.75) is 26.3 Å². The number of carbonyl (C=O) groups excluding carboxylic acids is 1. The fraction of sp³-hybridized carbons (Fsp3) is 0.375. The van der Waals surface area contributed by atoms with Gasteiger partial charge >= 0.3 is 5.97 Å². The van der Waals surface area contributed by atoms with Crippen LogP contribution >= 0.6 is 11.8 Å². The third-order valence-corrected chi connectivity index (χ3v) is 4.30. The Bertz CT molecular complexity index is 709. The number of hydrogen-bond acceptors (Lipinski definition) is 3. The SMILES string of the molecule is CSCC[C@H](NC(=O)c1[nH]c2ccc(C)cc2c1C)C(=O)O. The maximum atomic E-state index is 12.4. The monoisotopic (exact) mass is 320 g/mol. The fourth-order valence-electron chi connectivity index (χ4n) is 2.39. The highest BCUT2D eigenvalue weighted by molar-refractivity contribution is 7.98. The number of rotatable bonds is 6. The summed E-state index contributed by atoms with van der Waals surface area (Å²) in [4.78, 5) is 26.7. The van der Waals surface area contributed by atoms with Gasteiger partial charge in [0.05, 0.1) is 0 Å². The number of amides is 1. The van der Waals surface area contributed by atoms with E-state index in [-0.39, 0.29) is 5.91 Å². The van der Waals surface area contributed by atoms with Gasteiger partial charge in [0.25, 0.3) is 5.91 Å². The molecule has 118 valence electrons. The normalized spacial score (nSPS) is 12.3. The van der Waals surface area contributed by atoms with E-state index in [0.29, 0.717) is 17.9 Å². The summed E-state index contributed by atoms with van der Waals surface area (Å²) in [6.07, 6.45) is 2.31. The van der Waals surface area contributed by atoms with Crippen LogP contribution in [0.3, 0.4) is 0 Å². The third kappa shape index (κ3) is 3.44. The quantitative estimate of drug-likeness (QED) is 0.764. The van der Waals surface area contributed by atoms with Crippen molar-refractivity contribution in [2.75, 3.05) is 12.0 Å². The molecule has 0 unspecified atom stereocenters. The number of carboxylic acids is 1. The first-order valence-corrected chi connectivity index (χ1v) is 8.45. The molecule has 0 bridgehead atoms. The highest BCUT2D eigenvalue weighted by Gasteiger charge is 2.22. The lowest BCUT2D eigenvalue weighted by molar-refractivity contribution is -0.139. The van der Waals surface area contributed by atoms with E-state index in [4.69, 9.17) is 0 Å². The molecule has 1 amide bonds. The summed E-state index contributed by atoms with van der Waals surface area (Å²) < 4.78 is 0. The molecule has 0 fully saturated rings. The molecular weight excluding hydrogens is 300 g/mol. The van der Waals surface area contributed by atoms with Gasteiger partial charge in [0, 0.05) is 10.9 Å². The van der Waals surface area contributed by atoms with E-state index in [2.05, 4.69) is 10.3 Å². The van der Waals surface area contributed by atoms with Crippen LogP contribution < -0.4 is 5.32 Å². The van der Waals surface area contributed by atoms with Gasteiger partial charge in [-0.3, -0.25) is 4.79 Å². The molecule has 0 aliphatic rings. The van der Waals surface area contributed by atoms with Crippen molar-refractivity contribution in [3.05, 3.63) is 35.0 Å². The van der Waals surface area contributed by atoms with E-state index in [1.165, 1.54) is 0 Å². The number of aliphatic carboxylic acids is 1. The van der Waals surface area contributed by atoms with Gasteiger partial charge in [0.2, 0.25) is 0 Å². The van der Waals surface area contributed by atoms with E-state index in [1.54, 1.807) is 11.8 Å². The largest absolute Gasteiger partial charge is 0.480 e. The molecule has 0 saturated heterocycles. The van der Waals surface area contributed by atoms with Gasteiger partial charge in [-0.2, -0.15) is 11.8 Å². The van der Waals surface area contributed by atoms with Crippen LogP contribution in [0.2, 0.25) is 0 Å². The molecule has 0 aliphatic heterocycles. The van der Waals surface area contributed by atoms with Crippen LogP contribution in [-0.4, -0.2) is 40.0 Å². The van der Waals surface area contributed by atoms with Gasteiger partial charge in [-0.25, -0.2) is 4.79 Å². The molecule has 3 N–H and O–H groups in total. The second kappa shape index (κ2) is 6.87. The molecule has 0 saturated carbocycles. The first-order valence-electron chi connectivity index (χ1n) is 7.05. The summed E-state index contributed by atoms with van der Waals surface area (Å²) in [6, 6.07) is 5.04. The molecule has 1 aromatic carbocycles. The number of aromatic amines is 1. The lowest BCUT2D eigenvalue weighted by atomic mass is 10.1. The van der Waals surface area contributed by atoms with Crippen LogP contribution in [0.4, 0.5) is 0 Å². The maximum absolute atomic E-state index is 12.4. The number of benzene rings is 1. The summed E-state index contributed by atoms with van der Waals surface area (Å²) in [7, 11) is 0. The molecular formula is C16H20N2O3S. The molecule has 0 aliphatic carbocycles. The van der Waals surface area contributed by atoms with Gasteiger partial charge in [0.15, 0.2) is 0 Å². The second-order valence-corrected chi connectivity index (χ2v) is 6.31. The van der Waals surface area contributed by atoms with Crippen LogP contribution in [0.25, 0.3) is 10.9 Å². The van der Waals surface area contributed by atoms with Gasteiger partial charge in [-0.05, 0) is 50.0 Å². The number of nitrogens with one attached hydrogen (secondary N) is 2. The lowest BCUT2D eigenvalue weighted by Gasteiger charge is -2.13. The van der Waals surface area contributed by atoms with E-state index >= 15 is 0 Å². The Balaban J connectivity index is 2.25. The average Bonchev–Trinajstić information content (AvgIpc) is 2.80. The lowest BCUT2D eigenvalue weighted by Crippen LogP contribution is -2.41. The van der Waals surface area contributed by atoms with Crippen molar-refractivity contribution in [1.29, 1.82) is 0 Å². The van der Waals surface area contributed by atoms with E-state index in [1.807, 2.05) is 38.3 Å². The van der Waals surface area contributed by atoms with Crippen molar-refractivity contribution in [3.63, 3.8) is 0 Å². The molecule has 1 aromatic heterocycles. The fourth-order valence-corrected chi connectivity index (χ4v) is 2.86. The Kier molecular flexibility index (Phi) is 5.13. The number of aryl methyl sites for hydroxylation is 2. The summed E-state index contributed by atoms with van der Waals surface area (Å²) >= 11 is 1.56. The molecule has 0 radical (unpaired) electrons. The van der Waals surface area contributed by atoms with Gasteiger partial charge in [-0.1, -0.05) is 11.6 Å². The zero-order chi connectivity index (χ0) is 16.3. The summed E-state index contributed by atoms with van der Waals surface area (Å²) in [6.45, 7) is 3.86. The molecule has 2 aromatic rings. The van der Waals surface area contributed by atoms with E-state index < -0.39 is 12.0 Å². The highest BCUT2D eigenvalue weighted by Crippen LogP contribution is 2.23.